The topological polar surface area (TPSA) is 16.1 Å². The molecule has 0 amide bonds. The van der Waals surface area contributed by atoms with E-state index in [0.717, 1.165) is 32.5 Å². The highest BCUT2D eigenvalue weighted by Gasteiger charge is 2.17. The van der Waals surface area contributed by atoms with Crippen molar-refractivity contribution in [2.75, 3.05) is 13.1 Å². The van der Waals surface area contributed by atoms with Crippen LogP contribution >= 0.6 is 11.3 Å². The number of fused-ring (bicyclic) bond motifs is 1. The zero-order valence-corrected chi connectivity index (χ0v) is 10.6. The van der Waals surface area contributed by atoms with Crippen LogP contribution in [-0.4, -0.2) is 23.0 Å². The molecule has 1 aliphatic heterocycles. The average molecular weight is 244 g/mol. The summed E-state index contributed by atoms with van der Waals surface area (Å²) in [5.74, 6) is 0. The Morgan fingerprint density at radius 2 is 2.12 bits per heavy atom. The van der Waals surface area contributed by atoms with Crippen LogP contribution in [0.1, 0.15) is 16.1 Å². The van der Waals surface area contributed by atoms with Crippen LogP contribution < -0.4 is 0 Å². The van der Waals surface area contributed by atoms with Gasteiger partial charge < -0.3 is 0 Å². The first-order valence-corrected chi connectivity index (χ1v) is 6.97. The molecule has 0 saturated carbocycles. The summed E-state index contributed by atoms with van der Waals surface area (Å²) in [7, 11) is 0. The highest BCUT2D eigenvalue weighted by atomic mass is 32.1. The molecule has 3 heteroatoms. The molecule has 1 aromatic carbocycles. The SMILES string of the molecule is c1ccc(CCN2CCc3ncsc3C2)cc1. The van der Waals surface area contributed by atoms with E-state index in [2.05, 4.69) is 40.2 Å². The Kier molecular flexibility index (Phi) is 3.20. The molecular weight excluding hydrogens is 228 g/mol. The molecule has 0 N–H and O–H groups in total. The van der Waals surface area contributed by atoms with Gasteiger partial charge in [0.1, 0.15) is 0 Å². The summed E-state index contributed by atoms with van der Waals surface area (Å²) in [4.78, 5) is 8.40. The van der Waals surface area contributed by atoms with Gasteiger partial charge in [-0.15, -0.1) is 11.3 Å². The van der Waals surface area contributed by atoms with Gasteiger partial charge in [0.05, 0.1) is 11.2 Å². The predicted octanol–water partition coefficient (Wildman–Crippen LogP) is 2.74. The van der Waals surface area contributed by atoms with E-state index >= 15 is 0 Å². The lowest BCUT2D eigenvalue weighted by Gasteiger charge is -2.25. The van der Waals surface area contributed by atoms with Gasteiger partial charge in [-0.2, -0.15) is 0 Å². The highest BCUT2D eigenvalue weighted by molar-refractivity contribution is 7.09. The summed E-state index contributed by atoms with van der Waals surface area (Å²) in [6.07, 6.45) is 2.27. The van der Waals surface area contributed by atoms with Gasteiger partial charge in [-0.1, -0.05) is 30.3 Å². The van der Waals surface area contributed by atoms with E-state index in [1.165, 1.54) is 16.1 Å². The zero-order valence-electron chi connectivity index (χ0n) is 9.80. The van der Waals surface area contributed by atoms with E-state index in [-0.39, 0.29) is 0 Å². The molecular formula is C14H16N2S. The van der Waals surface area contributed by atoms with Crippen molar-refractivity contribution in [2.45, 2.75) is 19.4 Å². The molecule has 0 aliphatic carbocycles. The Bertz CT molecular complexity index is 478. The van der Waals surface area contributed by atoms with E-state index in [4.69, 9.17) is 0 Å². The van der Waals surface area contributed by atoms with Crippen LogP contribution in [0.2, 0.25) is 0 Å². The summed E-state index contributed by atoms with van der Waals surface area (Å²) in [6.45, 7) is 3.40. The van der Waals surface area contributed by atoms with Crippen LogP contribution in [0.25, 0.3) is 0 Å². The van der Waals surface area contributed by atoms with Gasteiger partial charge in [0.15, 0.2) is 0 Å². The molecule has 0 unspecified atom stereocenters. The fourth-order valence-electron chi connectivity index (χ4n) is 2.30. The number of hydrogen-bond acceptors (Lipinski definition) is 3. The van der Waals surface area contributed by atoms with Crippen LogP contribution in [0.15, 0.2) is 35.8 Å². The highest BCUT2D eigenvalue weighted by Crippen LogP contribution is 2.21. The Hall–Kier alpha value is -1.19. The van der Waals surface area contributed by atoms with Crippen molar-refractivity contribution in [1.29, 1.82) is 0 Å². The molecule has 2 aromatic rings. The molecule has 0 fully saturated rings. The van der Waals surface area contributed by atoms with Crippen molar-refractivity contribution in [3.63, 3.8) is 0 Å². The lowest BCUT2D eigenvalue weighted by molar-refractivity contribution is 0.259. The largest absolute Gasteiger partial charge is 0.297 e. The van der Waals surface area contributed by atoms with Crippen molar-refractivity contribution in [1.82, 2.24) is 9.88 Å². The molecule has 3 rings (SSSR count). The van der Waals surface area contributed by atoms with E-state index in [0.29, 0.717) is 0 Å². The smallest absolute Gasteiger partial charge is 0.0798 e. The first kappa shape index (κ1) is 10.9. The number of nitrogens with zero attached hydrogens (tertiary/aromatic N) is 2. The molecule has 2 nitrogen and oxygen atoms in total. The van der Waals surface area contributed by atoms with Crippen molar-refractivity contribution in [2.24, 2.45) is 0 Å². The fourth-order valence-corrected chi connectivity index (χ4v) is 3.15. The van der Waals surface area contributed by atoms with E-state index in [1.54, 1.807) is 11.3 Å². The number of thiazole rings is 1. The van der Waals surface area contributed by atoms with Crippen LogP contribution in [0.4, 0.5) is 0 Å². The minimum Gasteiger partial charge on any atom is -0.297 e. The van der Waals surface area contributed by atoms with Crippen LogP contribution in [-0.2, 0) is 19.4 Å². The Balaban J connectivity index is 1.58. The van der Waals surface area contributed by atoms with Gasteiger partial charge in [0, 0.05) is 30.9 Å². The van der Waals surface area contributed by atoms with Crippen molar-refractivity contribution < 1.29 is 0 Å². The van der Waals surface area contributed by atoms with Crippen LogP contribution in [0, 0.1) is 0 Å². The Labute approximate surface area is 106 Å². The monoisotopic (exact) mass is 244 g/mol. The van der Waals surface area contributed by atoms with Crippen molar-refractivity contribution in [3.05, 3.63) is 52.0 Å². The van der Waals surface area contributed by atoms with Gasteiger partial charge in [-0.05, 0) is 12.0 Å². The maximum absolute atomic E-state index is 4.40. The molecule has 0 bridgehead atoms. The summed E-state index contributed by atoms with van der Waals surface area (Å²) in [5.41, 5.74) is 4.74. The number of rotatable bonds is 3. The lowest BCUT2D eigenvalue weighted by Crippen LogP contribution is -2.31. The number of aromatic nitrogens is 1. The third kappa shape index (κ3) is 2.56. The third-order valence-electron chi connectivity index (χ3n) is 3.32. The Morgan fingerprint density at radius 1 is 1.24 bits per heavy atom. The maximum atomic E-state index is 4.40. The fraction of sp³-hybridized carbons (Fsp3) is 0.357. The molecule has 0 saturated heterocycles. The molecule has 88 valence electrons. The molecule has 0 radical (unpaired) electrons. The van der Waals surface area contributed by atoms with E-state index in [9.17, 15) is 0 Å². The number of benzene rings is 1. The van der Waals surface area contributed by atoms with Gasteiger partial charge >= 0.3 is 0 Å². The first-order valence-electron chi connectivity index (χ1n) is 6.09. The first-order chi connectivity index (χ1) is 8.42. The third-order valence-corrected chi connectivity index (χ3v) is 4.18. The van der Waals surface area contributed by atoms with Gasteiger partial charge in [0.2, 0.25) is 0 Å². The lowest BCUT2D eigenvalue weighted by atomic mass is 10.1. The summed E-state index contributed by atoms with van der Waals surface area (Å²) in [6, 6.07) is 10.7. The zero-order chi connectivity index (χ0) is 11.5. The minimum absolute atomic E-state index is 1.09. The predicted molar refractivity (Wildman–Crippen MR) is 71.2 cm³/mol. The van der Waals surface area contributed by atoms with Crippen molar-refractivity contribution in [3.8, 4) is 0 Å². The van der Waals surface area contributed by atoms with E-state index in [1.807, 2.05) is 5.51 Å². The van der Waals surface area contributed by atoms with E-state index < -0.39 is 0 Å². The second kappa shape index (κ2) is 4.98. The quantitative estimate of drug-likeness (QED) is 0.825. The van der Waals surface area contributed by atoms with Crippen LogP contribution in [0.3, 0.4) is 0 Å². The summed E-state index contributed by atoms with van der Waals surface area (Å²) in [5, 5.41) is 0. The standard InChI is InChI=1S/C14H16N2S/c1-2-4-12(5-3-1)6-8-16-9-7-13-14(10-16)17-11-15-13/h1-5,11H,6-10H2. The second-order valence-electron chi connectivity index (χ2n) is 4.48. The normalized spacial score (nSPS) is 15.8. The maximum Gasteiger partial charge on any atom is 0.0798 e. The molecule has 0 atom stereocenters. The molecule has 1 aliphatic rings. The summed E-state index contributed by atoms with van der Waals surface area (Å²) >= 11 is 1.80. The molecule has 2 heterocycles. The van der Waals surface area contributed by atoms with Crippen molar-refractivity contribution >= 4 is 11.3 Å². The molecule has 1 aromatic heterocycles. The molecule has 17 heavy (non-hydrogen) atoms. The molecule has 0 spiro atoms. The van der Waals surface area contributed by atoms with Gasteiger partial charge in [-0.3, -0.25) is 4.90 Å². The van der Waals surface area contributed by atoms with Gasteiger partial charge in [0.25, 0.3) is 0 Å². The average Bonchev–Trinajstić information content (AvgIpc) is 2.85. The minimum atomic E-state index is 1.09. The second-order valence-corrected chi connectivity index (χ2v) is 5.42. The Morgan fingerprint density at radius 3 is 3.00 bits per heavy atom. The van der Waals surface area contributed by atoms with Gasteiger partial charge in [-0.25, -0.2) is 4.98 Å². The number of hydrogen-bond donors (Lipinski definition) is 0. The summed E-state index contributed by atoms with van der Waals surface area (Å²) < 4.78 is 0. The van der Waals surface area contributed by atoms with Crippen LogP contribution in [0.5, 0.6) is 0 Å².